The number of nitro benzene ring substituents is 1. The van der Waals surface area contributed by atoms with Crippen molar-refractivity contribution in [2.24, 2.45) is 0 Å². The van der Waals surface area contributed by atoms with E-state index in [9.17, 15) is 14.9 Å². The van der Waals surface area contributed by atoms with Crippen molar-refractivity contribution >= 4 is 11.6 Å². The van der Waals surface area contributed by atoms with E-state index in [1.807, 2.05) is 38.1 Å². The highest BCUT2D eigenvalue weighted by atomic mass is 16.6. The third-order valence-corrected chi connectivity index (χ3v) is 3.22. The molecule has 0 saturated heterocycles. The van der Waals surface area contributed by atoms with Crippen LogP contribution in [0.1, 0.15) is 22.8 Å². The Morgan fingerprint density at radius 3 is 2.61 bits per heavy atom. The summed E-state index contributed by atoms with van der Waals surface area (Å²) in [6.07, 6.45) is 0. The zero-order valence-corrected chi connectivity index (χ0v) is 13.0. The molecular weight excluding hydrogens is 296 g/mol. The Bertz CT molecular complexity index is 698. The number of carbonyl (C=O) groups excluding carboxylic acids is 1. The van der Waals surface area contributed by atoms with Crippen LogP contribution in [-0.2, 0) is 0 Å². The quantitative estimate of drug-likeness (QED) is 0.656. The number of rotatable bonds is 6. The molecule has 0 saturated carbocycles. The Kier molecular flexibility index (Phi) is 5.30. The molecule has 1 amide bonds. The van der Waals surface area contributed by atoms with E-state index < -0.39 is 4.92 Å². The molecule has 0 unspecified atom stereocenters. The van der Waals surface area contributed by atoms with E-state index in [1.54, 1.807) is 0 Å². The van der Waals surface area contributed by atoms with Gasteiger partial charge in [-0.05, 0) is 32.0 Å². The van der Waals surface area contributed by atoms with E-state index in [4.69, 9.17) is 4.74 Å². The molecule has 0 aromatic heterocycles. The van der Waals surface area contributed by atoms with Gasteiger partial charge in [-0.2, -0.15) is 0 Å². The Balaban J connectivity index is 1.90. The van der Waals surface area contributed by atoms with Gasteiger partial charge in [0.25, 0.3) is 11.6 Å². The number of nitrogens with zero attached hydrogens (tertiary/aromatic N) is 1. The fraction of sp³-hybridized carbons (Fsp3) is 0.235. The van der Waals surface area contributed by atoms with Crippen LogP contribution in [0.25, 0.3) is 0 Å². The fourth-order valence-electron chi connectivity index (χ4n) is 1.97. The number of aryl methyl sites for hydroxylation is 1. The summed E-state index contributed by atoms with van der Waals surface area (Å²) >= 11 is 0. The van der Waals surface area contributed by atoms with Crippen molar-refractivity contribution in [2.75, 3.05) is 6.61 Å². The normalized spacial score (nSPS) is 11.6. The molecule has 0 fully saturated rings. The van der Waals surface area contributed by atoms with Gasteiger partial charge in [0.1, 0.15) is 12.4 Å². The fourth-order valence-corrected chi connectivity index (χ4v) is 1.97. The third-order valence-electron chi connectivity index (χ3n) is 3.22. The van der Waals surface area contributed by atoms with Crippen molar-refractivity contribution in [3.8, 4) is 5.75 Å². The molecule has 0 aliphatic carbocycles. The van der Waals surface area contributed by atoms with E-state index in [2.05, 4.69) is 5.32 Å². The lowest BCUT2D eigenvalue weighted by Crippen LogP contribution is -2.36. The monoisotopic (exact) mass is 314 g/mol. The number of hydrogen-bond acceptors (Lipinski definition) is 4. The Morgan fingerprint density at radius 1 is 1.26 bits per heavy atom. The van der Waals surface area contributed by atoms with E-state index in [0.717, 1.165) is 11.3 Å². The number of hydrogen-bond donors (Lipinski definition) is 1. The number of nitro groups is 1. The summed E-state index contributed by atoms with van der Waals surface area (Å²) < 4.78 is 5.60. The van der Waals surface area contributed by atoms with Gasteiger partial charge < -0.3 is 10.1 Å². The maximum Gasteiger partial charge on any atom is 0.270 e. The van der Waals surface area contributed by atoms with Crippen molar-refractivity contribution in [3.63, 3.8) is 0 Å². The third kappa shape index (κ3) is 4.81. The second-order valence-corrected chi connectivity index (χ2v) is 5.31. The molecule has 0 heterocycles. The van der Waals surface area contributed by atoms with Crippen molar-refractivity contribution in [2.45, 2.75) is 19.9 Å². The standard InChI is InChI=1S/C17H18N2O4/c1-12-6-8-16(9-7-12)23-11-13(2)18-17(20)14-4-3-5-15(10-14)19(21)22/h3-10,13H,11H2,1-2H3,(H,18,20)/t13-/m0/s1. The van der Waals surface area contributed by atoms with E-state index >= 15 is 0 Å². The molecule has 0 spiro atoms. The molecule has 6 heteroatoms. The molecular formula is C17H18N2O4. The molecule has 6 nitrogen and oxygen atoms in total. The van der Waals surface area contributed by atoms with E-state index in [-0.39, 0.29) is 23.2 Å². The SMILES string of the molecule is Cc1ccc(OC[C@H](C)NC(=O)c2cccc([N+](=O)[O-])c2)cc1. The van der Waals surface area contributed by atoms with Gasteiger partial charge in [0, 0.05) is 17.7 Å². The number of amides is 1. The molecule has 2 rings (SSSR count). The molecule has 0 radical (unpaired) electrons. The minimum atomic E-state index is -0.527. The number of non-ortho nitro benzene ring substituents is 1. The summed E-state index contributed by atoms with van der Waals surface area (Å²) in [6, 6.07) is 13.0. The molecule has 120 valence electrons. The maximum atomic E-state index is 12.1. The number of ether oxygens (including phenoxy) is 1. The topological polar surface area (TPSA) is 81.5 Å². The van der Waals surface area contributed by atoms with Crippen molar-refractivity contribution < 1.29 is 14.5 Å². The summed E-state index contributed by atoms with van der Waals surface area (Å²) in [6.45, 7) is 4.11. The van der Waals surface area contributed by atoms with Gasteiger partial charge in [0.15, 0.2) is 0 Å². The highest BCUT2D eigenvalue weighted by Gasteiger charge is 2.13. The van der Waals surface area contributed by atoms with Gasteiger partial charge in [-0.3, -0.25) is 14.9 Å². The molecule has 1 N–H and O–H groups in total. The predicted octanol–water partition coefficient (Wildman–Crippen LogP) is 3.10. The maximum absolute atomic E-state index is 12.1. The average Bonchev–Trinajstić information content (AvgIpc) is 2.54. The predicted molar refractivity (Wildman–Crippen MR) is 86.7 cm³/mol. The second-order valence-electron chi connectivity index (χ2n) is 5.31. The Morgan fingerprint density at radius 2 is 1.96 bits per heavy atom. The lowest BCUT2D eigenvalue weighted by molar-refractivity contribution is -0.384. The first kappa shape index (κ1) is 16.5. The van der Waals surface area contributed by atoms with Crippen LogP contribution >= 0.6 is 0 Å². The first-order chi connectivity index (χ1) is 11.0. The van der Waals surface area contributed by atoms with Crippen LogP contribution in [0.3, 0.4) is 0 Å². The van der Waals surface area contributed by atoms with Gasteiger partial charge >= 0.3 is 0 Å². The van der Waals surface area contributed by atoms with Crippen LogP contribution in [0, 0.1) is 17.0 Å². The second kappa shape index (κ2) is 7.40. The summed E-state index contributed by atoms with van der Waals surface area (Å²) in [5.41, 5.74) is 1.28. The van der Waals surface area contributed by atoms with Crippen LogP contribution in [0.5, 0.6) is 5.75 Å². The first-order valence-corrected chi connectivity index (χ1v) is 7.20. The van der Waals surface area contributed by atoms with Crippen LogP contribution in [0.15, 0.2) is 48.5 Å². The van der Waals surface area contributed by atoms with Crippen LogP contribution in [-0.4, -0.2) is 23.5 Å². The summed E-state index contributed by atoms with van der Waals surface area (Å²) in [5.74, 6) is 0.362. The van der Waals surface area contributed by atoms with Gasteiger partial charge in [0.05, 0.1) is 11.0 Å². The molecule has 0 bridgehead atoms. The van der Waals surface area contributed by atoms with Gasteiger partial charge in [-0.15, -0.1) is 0 Å². The molecule has 1 atom stereocenters. The Labute approximate surface area is 134 Å². The lowest BCUT2D eigenvalue weighted by Gasteiger charge is -2.15. The molecule has 23 heavy (non-hydrogen) atoms. The lowest BCUT2D eigenvalue weighted by atomic mass is 10.2. The van der Waals surface area contributed by atoms with Crippen LogP contribution < -0.4 is 10.1 Å². The molecule has 0 aliphatic heterocycles. The molecule has 2 aromatic carbocycles. The number of nitrogens with one attached hydrogen (secondary N) is 1. The van der Waals surface area contributed by atoms with Gasteiger partial charge in [-0.1, -0.05) is 23.8 Å². The minimum absolute atomic E-state index is 0.110. The zero-order valence-electron chi connectivity index (χ0n) is 13.0. The molecule has 0 aliphatic rings. The van der Waals surface area contributed by atoms with Crippen molar-refractivity contribution in [3.05, 3.63) is 69.8 Å². The average molecular weight is 314 g/mol. The van der Waals surface area contributed by atoms with Crippen molar-refractivity contribution in [1.29, 1.82) is 0 Å². The van der Waals surface area contributed by atoms with Gasteiger partial charge in [-0.25, -0.2) is 0 Å². The van der Waals surface area contributed by atoms with E-state index in [1.165, 1.54) is 24.3 Å². The molecule has 2 aromatic rings. The van der Waals surface area contributed by atoms with Crippen LogP contribution in [0.2, 0.25) is 0 Å². The minimum Gasteiger partial charge on any atom is -0.491 e. The van der Waals surface area contributed by atoms with Crippen molar-refractivity contribution in [1.82, 2.24) is 5.32 Å². The summed E-state index contributed by atoms with van der Waals surface area (Å²) in [5, 5.41) is 13.5. The zero-order chi connectivity index (χ0) is 16.8. The largest absolute Gasteiger partial charge is 0.491 e. The first-order valence-electron chi connectivity index (χ1n) is 7.20. The highest BCUT2D eigenvalue weighted by Crippen LogP contribution is 2.14. The summed E-state index contributed by atoms with van der Waals surface area (Å²) in [4.78, 5) is 22.3. The van der Waals surface area contributed by atoms with E-state index in [0.29, 0.717) is 6.61 Å². The number of carbonyl (C=O) groups is 1. The van der Waals surface area contributed by atoms with Crippen LogP contribution in [0.4, 0.5) is 5.69 Å². The highest BCUT2D eigenvalue weighted by molar-refractivity contribution is 5.94. The smallest absolute Gasteiger partial charge is 0.270 e. The van der Waals surface area contributed by atoms with Gasteiger partial charge in [0.2, 0.25) is 0 Å². The Hall–Kier alpha value is -2.89. The summed E-state index contributed by atoms with van der Waals surface area (Å²) in [7, 11) is 0. The number of benzene rings is 2.